The van der Waals surface area contributed by atoms with E-state index in [1.165, 1.54) is 0 Å². The third kappa shape index (κ3) is 11.7. The molecule has 0 atom stereocenters. The highest BCUT2D eigenvalue weighted by atomic mass is 31.2. The molecule has 0 spiro atoms. The Morgan fingerprint density at radius 2 is 1.21 bits per heavy atom. The molecule has 2 aromatic carbocycles. The molecule has 0 aromatic heterocycles. The number of rotatable bonds is 15. The van der Waals surface area contributed by atoms with Crippen molar-refractivity contribution in [2.45, 2.75) is 38.5 Å². The fourth-order valence-corrected chi connectivity index (χ4v) is 3.42. The number of para-hydroxylation sites is 2. The number of ether oxygens (including phenoxy) is 2. The van der Waals surface area contributed by atoms with Crippen LogP contribution in [-0.2, 0) is 9.09 Å². The average molecular weight is 422 g/mol. The van der Waals surface area contributed by atoms with Gasteiger partial charge in [-0.1, -0.05) is 55.7 Å². The van der Waals surface area contributed by atoms with Crippen molar-refractivity contribution in [3.63, 3.8) is 0 Å². The molecular formula is C22H31O6P. The predicted octanol–water partition coefficient (Wildman–Crippen LogP) is 5.21. The summed E-state index contributed by atoms with van der Waals surface area (Å²) in [5.74, 6) is 2.22. The van der Waals surface area contributed by atoms with Crippen LogP contribution >= 0.6 is 7.82 Å². The highest BCUT2D eigenvalue weighted by Crippen LogP contribution is 2.35. The quantitative estimate of drug-likeness (QED) is 0.303. The van der Waals surface area contributed by atoms with Gasteiger partial charge in [-0.25, -0.2) is 4.57 Å². The van der Waals surface area contributed by atoms with E-state index in [2.05, 4.69) is 4.52 Å². The molecular weight excluding hydrogens is 391 g/mol. The average Bonchev–Trinajstić information content (AvgIpc) is 2.71. The van der Waals surface area contributed by atoms with Gasteiger partial charge in [-0.2, -0.15) is 0 Å². The summed E-state index contributed by atoms with van der Waals surface area (Å²) in [5, 5.41) is 0. The number of phosphoric acid groups is 1. The molecule has 2 N–H and O–H groups in total. The van der Waals surface area contributed by atoms with Crippen molar-refractivity contribution in [2.75, 3.05) is 19.8 Å². The number of hydrogen-bond donors (Lipinski definition) is 2. The minimum Gasteiger partial charge on any atom is -0.494 e. The molecule has 0 aliphatic heterocycles. The molecule has 2 aromatic rings. The molecule has 0 saturated carbocycles. The maximum absolute atomic E-state index is 10.7. The topological polar surface area (TPSA) is 85.2 Å². The standard InChI is InChI=1S/C22H31O6P/c23-29(24,25)28-17-9-3-4-10-20(15-18-26-21-11-5-1-6-12-21)16-19-27-22-13-7-2-8-14-22/h1-2,5-8,11-14,20H,3-4,9-10,15-19H2,(H2,23,24,25). The molecule has 0 heterocycles. The zero-order valence-electron chi connectivity index (χ0n) is 16.7. The first-order chi connectivity index (χ1) is 14.0. The summed E-state index contributed by atoms with van der Waals surface area (Å²) in [6, 6.07) is 19.6. The Balaban J connectivity index is 1.69. The molecule has 0 amide bonds. The lowest BCUT2D eigenvalue weighted by Gasteiger charge is -2.18. The van der Waals surface area contributed by atoms with Gasteiger partial charge < -0.3 is 19.3 Å². The van der Waals surface area contributed by atoms with Gasteiger partial charge in [0.15, 0.2) is 0 Å². The Hall–Kier alpha value is -1.85. The van der Waals surface area contributed by atoms with Crippen LogP contribution < -0.4 is 9.47 Å². The Morgan fingerprint density at radius 1 is 0.690 bits per heavy atom. The Kier molecular flexibility index (Phi) is 10.8. The van der Waals surface area contributed by atoms with Crippen molar-refractivity contribution in [3.05, 3.63) is 60.7 Å². The SMILES string of the molecule is O=P(O)(O)OCCCCCC(CCOc1ccccc1)CCOc1ccccc1. The van der Waals surface area contributed by atoms with Crippen molar-refractivity contribution in [2.24, 2.45) is 5.92 Å². The van der Waals surface area contributed by atoms with Crippen LogP contribution in [0.3, 0.4) is 0 Å². The van der Waals surface area contributed by atoms with Gasteiger partial charge in [-0.15, -0.1) is 0 Å². The molecule has 0 fully saturated rings. The first kappa shape index (κ1) is 23.4. The lowest BCUT2D eigenvalue weighted by Crippen LogP contribution is -2.12. The largest absolute Gasteiger partial charge is 0.494 e. The third-order valence-corrected chi connectivity index (χ3v) is 5.11. The molecule has 0 radical (unpaired) electrons. The maximum Gasteiger partial charge on any atom is 0.469 e. The van der Waals surface area contributed by atoms with Crippen LogP contribution in [0.2, 0.25) is 0 Å². The van der Waals surface area contributed by atoms with Crippen molar-refractivity contribution in [1.82, 2.24) is 0 Å². The molecule has 0 unspecified atom stereocenters. The van der Waals surface area contributed by atoms with Crippen LogP contribution in [0.25, 0.3) is 0 Å². The fourth-order valence-electron chi connectivity index (χ4n) is 3.05. The molecule has 7 heteroatoms. The van der Waals surface area contributed by atoms with Crippen LogP contribution in [0.4, 0.5) is 0 Å². The van der Waals surface area contributed by atoms with Crippen LogP contribution in [0, 0.1) is 5.92 Å². The van der Waals surface area contributed by atoms with E-state index in [0.717, 1.165) is 43.6 Å². The Labute approximate surface area is 173 Å². The van der Waals surface area contributed by atoms with Crippen molar-refractivity contribution in [1.29, 1.82) is 0 Å². The summed E-state index contributed by atoms with van der Waals surface area (Å²) in [7, 11) is -4.35. The smallest absolute Gasteiger partial charge is 0.469 e. The zero-order chi connectivity index (χ0) is 20.8. The van der Waals surface area contributed by atoms with E-state index in [9.17, 15) is 4.57 Å². The minimum atomic E-state index is -4.35. The molecule has 6 nitrogen and oxygen atoms in total. The monoisotopic (exact) mass is 422 g/mol. The summed E-state index contributed by atoms with van der Waals surface area (Å²) >= 11 is 0. The van der Waals surface area contributed by atoms with Gasteiger partial charge in [0.25, 0.3) is 0 Å². The molecule has 160 valence electrons. The lowest BCUT2D eigenvalue weighted by molar-refractivity contribution is 0.191. The summed E-state index contributed by atoms with van der Waals surface area (Å²) in [4.78, 5) is 17.4. The van der Waals surface area contributed by atoms with E-state index in [1.54, 1.807) is 0 Å². The molecule has 29 heavy (non-hydrogen) atoms. The van der Waals surface area contributed by atoms with E-state index in [1.807, 2.05) is 60.7 Å². The first-order valence-corrected chi connectivity index (χ1v) is 11.6. The van der Waals surface area contributed by atoms with Crippen molar-refractivity contribution in [3.8, 4) is 11.5 Å². The van der Waals surface area contributed by atoms with Gasteiger partial charge in [0.1, 0.15) is 11.5 Å². The second kappa shape index (κ2) is 13.4. The van der Waals surface area contributed by atoms with E-state index in [4.69, 9.17) is 19.3 Å². The molecule has 0 aliphatic rings. The van der Waals surface area contributed by atoms with Crippen molar-refractivity contribution >= 4 is 7.82 Å². The molecule has 0 aliphatic carbocycles. The number of hydrogen-bond acceptors (Lipinski definition) is 4. The maximum atomic E-state index is 10.7. The fraction of sp³-hybridized carbons (Fsp3) is 0.455. The summed E-state index contributed by atoms with van der Waals surface area (Å²) < 4.78 is 26.8. The molecule has 0 saturated heterocycles. The highest BCUT2D eigenvalue weighted by Gasteiger charge is 2.13. The van der Waals surface area contributed by atoms with Crippen LogP contribution in [0.1, 0.15) is 38.5 Å². The van der Waals surface area contributed by atoms with Crippen molar-refractivity contribution < 1.29 is 28.3 Å². The predicted molar refractivity (Wildman–Crippen MR) is 113 cm³/mol. The molecule has 0 bridgehead atoms. The number of unbranched alkanes of at least 4 members (excludes halogenated alkanes) is 2. The Morgan fingerprint density at radius 3 is 1.69 bits per heavy atom. The van der Waals surface area contributed by atoms with Crippen LogP contribution in [-0.4, -0.2) is 29.6 Å². The van der Waals surface area contributed by atoms with Gasteiger partial charge in [-0.3, -0.25) is 4.52 Å². The number of benzene rings is 2. The third-order valence-electron chi connectivity index (χ3n) is 4.59. The van der Waals surface area contributed by atoms with Gasteiger partial charge in [0.05, 0.1) is 19.8 Å². The van der Waals surface area contributed by atoms with E-state index >= 15 is 0 Å². The van der Waals surface area contributed by atoms with Gasteiger partial charge in [0, 0.05) is 0 Å². The Bertz CT molecular complexity index is 658. The summed E-state index contributed by atoms with van der Waals surface area (Å²) in [6.07, 6.45) is 5.38. The number of phosphoric ester groups is 1. The zero-order valence-corrected chi connectivity index (χ0v) is 17.6. The van der Waals surface area contributed by atoms with E-state index in [0.29, 0.717) is 25.6 Å². The highest BCUT2D eigenvalue weighted by molar-refractivity contribution is 7.46. The van der Waals surface area contributed by atoms with Crippen LogP contribution in [0.5, 0.6) is 11.5 Å². The normalized spacial score (nSPS) is 11.6. The first-order valence-electron chi connectivity index (χ1n) is 10.1. The van der Waals surface area contributed by atoms with Gasteiger partial charge >= 0.3 is 7.82 Å². The second-order valence-corrected chi connectivity index (χ2v) is 8.18. The summed E-state index contributed by atoms with van der Waals surface area (Å²) in [5.41, 5.74) is 0. The summed E-state index contributed by atoms with van der Waals surface area (Å²) in [6.45, 7) is 1.39. The van der Waals surface area contributed by atoms with Crippen LogP contribution in [0.15, 0.2) is 60.7 Å². The molecule has 2 rings (SSSR count). The minimum absolute atomic E-state index is 0.0865. The second-order valence-electron chi connectivity index (χ2n) is 6.94. The van der Waals surface area contributed by atoms with E-state index < -0.39 is 7.82 Å². The van der Waals surface area contributed by atoms with E-state index in [-0.39, 0.29) is 6.61 Å². The van der Waals surface area contributed by atoms with Gasteiger partial charge in [0.2, 0.25) is 0 Å². The van der Waals surface area contributed by atoms with Gasteiger partial charge in [-0.05, 0) is 49.4 Å². The lowest BCUT2D eigenvalue weighted by atomic mass is 9.95.